The number of fused-ring (bicyclic) bond motifs is 1. The number of rotatable bonds is 5. The molecule has 0 saturated carbocycles. The molecule has 0 saturated heterocycles. The second kappa shape index (κ2) is 12.0. The number of nitrogens with one attached hydrogen (secondary N) is 3. The summed E-state index contributed by atoms with van der Waals surface area (Å²) in [5, 5.41) is 5.91. The number of benzene rings is 2. The SMILES string of the molecule is Cc1ccc(NC(=O)NC2=CC(C(C)(C)C)=N[C@H](c3ccc4c(c3)CN(C(=O)NS(=O)(=O)N(C)C)CC4)CC2)cc1. The van der Waals surface area contributed by atoms with Crippen molar-refractivity contribution >= 4 is 33.7 Å². The van der Waals surface area contributed by atoms with E-state index in [1.165, 1.54) is 19.0 Å². The average Bonchev–Trinajstić information content (AvgIpc) is 3.12. The van der Waals surface area contributed by atoms with Gasteiger partial charge in [-0.2, -0.15) is 12.7 Å². The highest BCUT2D eigenvalue weighted by molar-refractivity contribution is 7.87. The summed E-state index contributed by atoms with van der Waals surface area (Å²) in [5.74, 6) is 0. The molecule has 0 bridgehead atoms. The third-order valence-corrected chi connectivity index (χ3v) is 8.65. The van der Waals surface area contributed by atoms with Gasteiger partial charge in [0.2, 0.25) is 0 Å². The standard InChI is InChI=1S/C30H40N6O4S/c1-20-7-11-24(12-8-20)31-28(37)32-25-13-14-26(33-27(18-25)30(2,3)4)22-10-9-21-15-16-36(19-23(21)17-22)29(38)34-41(39,40)35(5)6/h7-12,17-18,26H,13-16,19H2,1-6H3,(H,34,38)(H2,31,32,37)/t26-/m0/s1. The maximum Gasteiger partial charge on any atom is 0.332 e. The van der Waals surface area contributed by atoms with Crippen LogP contribution in [0.25, 0.3) is 0 Å². The Bertz CT molecular complexity index is 1470. The lowest BCUT2D eigenvalue weighted by atomic mass is 9.89. The van der Waals surface area contributed by atoms with Crippen molar-refractivity contribution < 1.29 is 18.0 Å². The van der Waals surface area contributed by atoms with Crippen LogP contribution in [-0.2, 0) is 23.2 Å². The molecule has 0 spiro atoms. The van der Waals surface area contributed by atoms with Crippen LogP contribution in [0.3, 0.4) is 0 Å². The summed E-state index contributed by atoms with van der Waals surface area (Å²) in [4.78, 5) is 32.1. The lowest BCUT2D eigenvalue weighted by molar-refractivity contribution is 0.198. The van der Waals surface area contributed by atoms with Gasteiger partial charge in [-0.15, -0.1) is 0 Å². The van der Waals surface area contributed by atoms with Crippen molar-refractivity contribution in [2.45, 2.75) is 59.5 Å². The smallest absolute Gasteiger partial charge is 0.319 e. The Morgan fingerprint density at radius 1 is 1.00 bits per heavy atom. The molecule has 4 amide bonds. The highest BCUT2D eigenvalue weighted by atomic mass is 32.2. The molecule has 2 aliphatic heterocycles. The minimum absolute atomic E-state index is 0.136. The number of hydrogen-bond donors (Lipinski definition) is 3. The first-order valence-electron chi connectivity index (χ1n) is 13.8. The number of aryl methyl sites for hydroxylation is 1. The molecule has 11 heteroatoms. The van der Waals surface area contributed by atoms with E-state index < -0.39 is 16.2 Å². The van der Waals surface area contributed by atoms with E-state index in [-0.39, 0.29) is 17.5 Å². The second-order valence-corrected chi connectivity index (χ2v) is 13.7. The predicted molar refractivity (Wildman–Crippen MR) is 162 cm³/mol. The largest absolute Gasteiger partial charge is 0.332 e. The van der Waals surface area contributed by atoms with Gasteiger partial charge in [-0.1, -0.05) is 56.7 Å². The van der Waals surface area contributed by atoms with Gasteiger partial charge in [0.1, 0.15) is 0 Å². The van der Waals surface area contributed by atoms with Crippen molar-refractivity contribution in [3.05, 3.63) is 76.5 Å². The maximum atomic E-state index is 12.8. The van der Waals surface area contributed by atoms with Crippen molar-refractivity contribution in [1.29, 1.82) is 0 Å². The number of nitrogens with zero attached hydrogens (tertiary/aromatic N) is 3. The minimum atomic E-state index is -3.87. The van der Waals surface area contributed by atoms with Crippen LogP contribution in [0.2, 0.25) is 0 Å². The fraction of sp³-hybridized carbons (Fsp3) is 0.433. The fourth-order valence-corrected chi connectivity index (χ4v) is 5.25. The molecule has 2 aromatic rings. The Morgan fingerprint density at radius 2 is 1.71 bits per heavy atom. The molecule has 0 aliphatic carbocycles. The lowest BCUT2D eigenvalue weighted by Gasteiger charge is -2.30. The molecule has 220 valence electrons. The van der Waals surface area contributed by atoms with Crippen LogP contribution >= 0.6 is 0 Å². The van der Waals surface area contributed by atoms with Crippen molar-refractivity contribution in [3.63, 3.8) is 0 Å². The molecule has 2 heterocycles. The molecular weight excluding hydrogens is 540 g/mol. The van der Waals surface area contributed by atoms with Gasteiger partial charge >= 0.3 is 22.3 Å². The Labute approximate surface area is 243 Å². The average molecular weight is 581 g/mol. The zero-order valence-corrected chi connectivity index (χ0v) is 25.4. The van der Waals surface area contributed by atoms with Crippen molar-refractivity contribution in [2.75, 3.05) is 26.0 Å². The van der Waals surface area contributed by atoms with Crippen LogP contribution in [-0.4, -0.2) is 56.0 Å². The van der Waals surface area contributed by atoms with E-state index >= 15 is 0 Å². The summed E-state index contributed by atoms with van der Waals surface area (Å²) in [6.07, 6.45) is 3.94. The van der Waals surface area contributed by atoms with Gasteiger partial charge < -0.3 is 15.5 Å². The molecule has 2 aromatic carbocycles. The molecule has 41 heavy (non-hydrogen) atoms. The zero-order valence-electron chi connectivity index (χ0n) is 24.6. The highest BCUT2D eigenvalue weighted by Gasteiger charge is 2.28. The molecule has 10 nitrogen and oxygen atoms in total. The van der Waals surface area contributed by atoms with Gasteiger partial charge in [-0.05, 0) is 61.1 Å². The maximum absolute atomic E-state index is 12.8. The predicted octanol–water partition coefficient (Wildman–Crippen LogP) is 4.90. The molecule has 0 radical (unpaired) electrons. The quantitative estimate of drug-likeness (QED) is 0.466. The van der Waals surface area contributed by atoms with E-state index in [2.05, 4.69) is 54.3 Å². The van der Waals surface area contributed by atoms with Gasteiger partial charge in [0.05, 0.1) is 6.04 Å². The fourth-order valence-electron chi connectivity index (χ4n) is 4.72. The van der Waals surface area contributed by atoms with E-state index in [0.29, 0.717) is 32.4 Å². The van der Waals surface area contributed by atoms with Crippen LogP contribution in [0.15, 0.2) is 59.2 Å². The van der Waals surface area contributed by atoms with Gasteiger partial charge in [0, 0.05) is 49.7 Å². The van der Waals surface area contributed by atoms with Gasteiger partial charge in [0.25, 0.3) is 0 Å². The van der Waals surface area contributed by atoms with E-state index in [0.717, 1.165) is 43.7 Å². The normalized spacial score (nSPS) is 17.6. The Balaban J connectivity index is 1.49. The molecule has 0 unspecified atom stereocenters. The summed E-state index contributed by atoms with van der Waals surface area (Å²) in [6.45, 7) is 9.03. The first kappa shape index (κ1) is 30.3. The number of hydrogen-bond acceptors (Lipinski definition) is 5. The molecule has 1 atom stereocenters. The first-order valence-corrected chi connectivity index (χ1v) is 15.2. The third kappa shape index (κ3) is 7.74. The summed E-state index contributed by atoms with van der Waals surface area (Å²) >= 11 is 0. The molecule has 0 fully saturated rings. The van der Waals surface area contributed by atoms with Crippen LogP contribution in [0, 0.1) is 12.3 Å². The Kier molecular flexibility index (Phi) is 8.89. The molecule has 4 rings (SSSR count). The number of aliphatic imine (C=N–C) groups is 1. The first-order chi connectivity index (χ1) is 19.2. The number of urea groups is 2. The summed E-state index contributed by atoms with van der Waals surface area (Å²) in [5.41, 5.74) is 6.42. The molecule has 0 aromatic heterocycles. The molecule has 2 aliphatic rings. The van der Waals surface area contributed by atoms with Gasteiger partial charge in [-0.25, -0.2) is 14.3 Å². The second-order valence-electron chi connectivity index (χ2n) is 11.8. The lowest BCUT2D eigenvalue weighted by Crippen LogP contribution is -2.48. The van der Waals surface area contributed by atoms with E-state index in [1.807, 2.05) is 37.3 Å². The van der Waals surface area contributed by atoms with Crippen LogP contribution < -0.4 is 15.4 Å². The highest BCUT2D eigenvalue weighted by Crippen LogP contribution is 2.33. The van der Waals surface area contributed by atoms with Gasteiger partial charge in [0.15, 0.2) is 0 Å². The number of anilines is 1. The number of carbonyl (C=O) groups excluding carboxylic acids is 2. The van der Waals surface area contributed by atoms with E-state index in [1.54, 1.807) is 0 Å². The van der Waals surface area contributed by atoms with Crippen molar-refractivity contribution in [3.8, 4) is 0 Å². The topological polar surface area (TPSA) is 123 Å². The Morgan fingerprint density at radius 3 is 2.37 bits per heavy atom. The monoisotopic (exact) mass is 580 g/mol. The minimum Gasteiger partial charge on any atom is -0.319 e. The number of amides is 4. The third-order valence-electron chi connectivity index (χ3n) is 7.26. The van der Waals surface area contributed by atoms with Gasteiger partial charge in [-0.3, -0.25) is 4.99 Å². The van der Waals surface area contributed by atoms with Crippen molar-refractivity contribution in [2.24, 2.45) is 10.4 Å². The Hall–Kier alpha value is -3.70. The van der Waals surface area contributed by atoms with Crippen molar-refractivity contribution in [1.82, 2.24) is 19.2 Å². The zero-order chi connectivity index (χ0) is 29.9. The molecule has 3 N–H and O–H groups in total. The number of carbonyl (C=O) groups is 2. The summed E-state index contributed by atoms with van der Waals surface area (Å²) in [6, 6.07) is 12.8. The van der Waals surface area contributed by atoms with Crippen LogP contribution in [0.4, 0.5) is 15.3 Å². The van der Waals surface area contributed by atoms with Crippen LogP contribution in [0.1, 0.15) is 61.9 Å². The molecular formula is C30H40N6O4S. The number of allylic oxidation sites excluding steroid dienone is 2. The summed E-state index contributed by atoms with van der Waals surface area (Å²) in [7, 11) is -1.13. The summed E-state index contributed by atoms with van der Waals surface area (Å²) < 4.78 is 27.4. The van der Waals surface area contributed by atoms with Crippen LogP contribution in [0.5, 0.6) is 0 Å². The van der Waals surface area contributed by atoms with E-state index in [9.17, 15) is 18.0 Å². The van der Waals surface area contributed by atoms with E-state index in [4.69, 9.17) is 4.99 Å².